The summed E-state index contributed by atoms with van der Waals surface area (Å²) in [5.74, 6) is -2.25. The van der Waals surface area contributed by atoms with Crippen LogP contribution in [-0.4, -0.2) is 20.5 Å². The third-order valence-corrected chi connectivity index (χ3v) is 3.87. The topological polar surface area (TPSA) is 54.6 Å². The first-order valence-electron chi connectivity index (χ1n) is 7.10. The fourth-order valence-electron chi connectivity index (χ4n) is 2.60. The Morgan fingerprint density at radius 2 is 1.91 bits per heavy atom. The third kappa shape index (κ3) is 2.79. The molecule has 4 nitrogen and oxygen atoms in total. The summed E-state index contributed by atoms with van der Waals surface area (Å²) >= 11 is 0. The van der Waals surface area contributed by atoms with Crippen molar-refractivity contribution in [3.63, 3.8) is 0 Å². The van der Waals surface area contributed by atoms with Crippen molar-refractivity contribution in [2.24, 2.45) is 0 Å². The Morgan fingerprint density at radius 1 is 1.22 bits per heavy atom. The van der Waals surface area contributed by atoms with E-state index in [9.17, 15) is 18.7 Å². The van der Waals surface area contributed by atoms with E-state index in [1.807, 2.05) is 0 Å². The molecule has 3 rings (SSSR count). The van der Waals surface area contributed by atoms with Gasteiger partial charge in [0, 0.05) is 18.0 Å². The molecule has 0 aliphatic heterocycles. The van der Waals surface area contributed by atoms with Crippen LogP contribution in [0.2, 0.25) is 0 Å². The summed E-state index contributed by atoms with van der Waals surface area (Å²) in [6.07, 6.45) is 3.80. The van der Waals surface area contributed by atoms with Gasteiger partial charge >= 0.3 is 5.97 Å². The second kappa shape index (κ2) is 5.79. The number of aryl methyl sites for hydroxylation is 2. The molecule has 0 saturated carbocycles. The molecule has 2 heterocycles. The monoisotopic (exact) mass is 316 g/mol. The molecule has 6 heteroatoms. The van der Waals surface area contributed by atoms with Crippen LogP contribution in [-0.2, 0) is 12.8 Å². The predicted octanol–water partition coefficient (Wildman–Crippen LogP) is 3.40. The molecule has 0 atom stereocenters. The Morgan fingerprint density at radius 3 is 2.57 bits per heavy atom. The van der Waals surface area contributed by atoms with Crippen molar-refractivity contribution in [2.45, 2.75) is 19.8 Å². The molecule has 0 bridgehead atoms. The van der Waals surface area contributed by atoms with Gasteiger partial charge in [-0.3, -0.25) is 4.40 Å². The molecule has 0 aliphatic carbocycles. The van der Waals surface area contributed by atoms with E-state index < -0.39 is 17.6 Å². The van der Waals surface area contributed by atoms with E-state index in [1.54, 1.807) is 18.3 Å². The lowest BCUT2D eigenvalue weighted by Crippen LogP contribution is -2.10. The number of carbonyl (C=O) groups is 1. The van der Waals surface area contributed by atoms with Gasteiger partial charge in [-0.2, -0.15) is 0 Å². The molecule has 0 saturated heterocycles. The number of hydrogen-bond acceptors (Lipinski definition) is 2. The van der Waals surface area contributed by atoms with Crippen LogP contribution in [0.5, 0.6) is 0 Å². The average molecular weight is 316 g/mol. The normalized spacial score (nSPS) is 11.1. The number of imidazole rings is 1. The van der Waals surface area contributed by atoms with Crippen LogP contribution < -0.4 is 0 Å². The summed E-state index contributed by atoms with van der Waals surface area (Å²) in [4.78, 5) is 15.6. The number of pyridine rings is 1. The largest absolute Gasteiger partial charge is 0.477 e. The van der Waals surface area contributed by atoms with Crippen molar-refractivity contribution in [1.29, 1.82) is 0 Å². The van der Waals surface area contributed by atoms with Gasteiger partial charge < -0.3 is 5.11 Å². The van der Waals surface area contributed by atoms with Gasteiger partial charge in [0.05, 0.1) is 0 Å². The molecule has 0 fully saturated rings. The van der Waals surface area contributed by atoms with Crippen LogP contribution in [0.4, 0.5) is 8.78 Å². The van der Waals surface area contributed by atoms with E-state index in [0.29, 0.717) is 29.6 Å². The zero-order chi connectivity index (χ0) is 16.6. The molecule has 0 aliphatic rings. The minimum Gasteiger partial charge on any atom is -0.477 e. The third-order valence-electron chi connectivity index (χ3n) is 3.87. The lowest BCUT2D eigenvalue weighted by Gasteiger charge is -2.09. The molecule has 118 valence electrons. The number of halogens is 2. The van der Waals surface area contributed by atoms with Gasteiger partial charge in [0.15, 0.2) is 0 Å². The number of hydrogen-bond donors (Lipinski definition) is 1. The highest BCUT2D eigenvalue weighted by Gasteiger charge is 2.15. The van der Waals surface area contributed by atoms with Crippen molar-refractivity contribution < 1.29 is 18.7 Å². The number of benzene rings is 1. The smallest absolute Gasteiger partial charge is 0.353 e. The molecule has 0 spiro atoms. The summed E-state index contributed by atoms with van der Waals surface area (Å²) < 4.78 is 28.7. The molecule has 1 N–H and O–H groups in total. The number of nitrogens with zero attached hydrogens (tertiary/aromatic N) is 2. The fourth-order valence-corrected chi connectivity index (χ4v) is 2.60. The minimum absolute atomic E-state index is 0.0141. The highest BCUT2D eigenvalue weighted by atomic mass is 19.1. The standard InChI is InChI=1S/C17H14F2N2O2/c1-10-13(18)8-11(9-14(10)19)2-3-12-4-5-15-20-6-7-21(15)16(12)17(22)23/h4-9H,2-3H2,1H3,(H,22,23). The molecule has 3 aromatic rings. The van der Waals surface area contributed by atoms with Crippen molar-refractivity contribution in [2.75, 3.05) is 0 Å². The van der Waals surface area contributed by atoms with Gasteiger partial charge in [-0.05, 0) is 49.1 Å². The molecule has 0 radical (unpaired) electrons. The first-order valence-corrected chi connectivity index (χ1v) is 7.10. The van der Waals surface area contributed by atoms with Crippen LogP contribution in [0.1, 0.15) is 27.2 Å². The van der Waals surface area contributed by atoms with E-state index in [0.717, 1.165) is 0 Å². The van der Waals surface area contributed by atoms with Gasteiger partial charge in [0.2, 0.25) is 0 Å². The molecule has 0 unspecified atom stereocenters. The molecular formula is C17H14F2N2O2. The number of fused-ring (bicyclic) bond motifs is 1. The zero-order valence-corrected chi connectivity index (χ0v) is 12.4. The van der Waals surface area contributed by atoms with Crippen LogP contribution in [0.25, 0.3) is 5.65 Å². The van der Waals surface area contributed by atoms with E-state index in [-0.39, 0.29) is 11.3 Å². The highest BCUT2D eigenvalue weighted by molar-refractivity contribution is 5.88. The molecule has 23 heavy (non-hydrogen) atoms. The van der Waals surface area contributed by atoms with Crippen LogP contribution in [0.3, 0.4) is 0 Å². The molecular weight excluding hydrogens is 302 g/mol. The summed E-state index contributed by atoms with van der Waals surface area (Å²) in [7, 11) is 0. The Hall–Kier alpha value is -2.76. The van der Waals surface area contributed by atoms with Gasteiger partial charge in [0.1, 0.15) is 23.0 Å². The fraction of sp³-hybridized carbons (Fsp3) is 0.176. The van der Waals surface area contributed by atoms with Crippen LogP contribution in [0.15, 0.2) is 36.7 Å². The lowest BCUT2D eigenvalue weighted by molar-refractivity contribution is 0.0687. The highest BCUT2D eigenvalue weighted by Crippen LogP contribution is 2.18. The summed E-state index contributed by atoms with van der Waals surface area (Å²) in [5.41, 5.74) is 1.73. The maximum absolute atomic E-state index is 13.6. The summed E-state index contributed by atoms with van der Waals surface area (Å²) in [6.45, 7) is 1.38. The lowest BCUT2D eigenvalue weighted by atomic mass is 10.0. The SMILES string of the molecule is Cc1c(F)cc(CCc2ccc3nccn3c2C(=O)O)cc1F. The van der Waals surface area contributed by atoms with Crippen molar-refractivity contribution >= 4 is 11.6 Å². The number of carboxylic acid groups (broad SMARTS) is 1. The zero-order valence-electron chi connectivity index (χ0n) is 12.4. The van der Waals surface area contributed by atoms with Gasteiger partial charge in [-0.25, -0.2) is 18.6 Å². The van der Waals surface area contributed by atoms with E-state index in [2.05, 4.69) is 4.98 Å². The second-order valence-corrected chi connectivity index (χ2v) is 5.35. The second-order valence-electron chi connectivity index (χ2n) is 5.35. The number of rotatable bonds is 4. The predicted molar refractivity (Wildman–Crippen MR) is 80.7 cm³/mol. The van der Waals surface area contributed by atoms with Gasteiger partial charge in [0.25, 0.3) is 0 Å². The average Bonchev–Trinajstić information content (AvgIpc) is 2.97. The Balaban J connectivity index is 1.93. The number of aromatic nitrogens is 2. The van der Waals surface area contributed by atoms with Gasteiger partial charge in [-0.15, -0.1) is 0 Å². The van der Waals surface area contributed by atoms with Crippen molar-refractivity contribution in [3.8, 4) is 0 Å². The van der Waals surface area contributed by atoms with Crippen LogP contribution >= 0.6 is 0 Å². The maximum atomic E-state index is 13.6. The van der Waals surface area contributed by atoms with E-state index in [4.69, 9.17) is 0 Å². The minimum atomic E-state index is -1.06. The van der Waals surface area contributed by atoms with Crippen LogP contribution in [0, 0.1) is 18.6 Å². The summed E-state index contributed by atoms with van der Waals surface area (Å²) in [6, 6.07) is 5.98. The Bertz CT molecular complexity index is 880. The Labute approximate surface area is 131 Å². The number of carboxylic acids is 1. The quantitative estimate of drug-likeness (QED) is 0.802. The first-order chi connectivity index (χ1) is 11.0. The van der Waals surface area contributed by atoms with E-state index in [1.165, 1.54) is 29.7 Å². The first kappa shape index (κ1) is 15.1. The molecule has 1 aromatic carbocycles. The van der Waals surface area contributed by atoms with E-state index >= 15 is 0 Å². The van der Waals surface area contributed by atoms with Crippen molar-refractivity contribution in [3.05, 3.63) is 70.7 Å². The Kier molecular flexibility index (Phi) is 3.82. The summed E-state index contributed by atoms with van der Waals surface area (Å²) in [5, 5.41) is 9.44. The molecule has 2 aromatic heterocycles. The maximum Gasteiger partial charge on any atom is 0.353 e. The number of aromatic carboxylic acids is 1. The van der Waals surface area contributed by atoms with Gasteiger partial charge in [-0.1, -0.05) is 6.07 Å². The molecule has 0 amide bonds. The van der Waals surface area contributed by atoms with Crippen molar-refractivity contribution in [1.82, 2.24) is 9.38 Å².